The molecule has 5 aromatic carbocycles. The smallest absolute Gasteiger partial charge is 0.132 e. The van der Waals surface area contributed by atoms with Gasteiger partial charge in [0.1, 0.15) is 23.0 Å². The molecule has 45 heavy (non-hydrogen) atoms. The van der Waals surface area contributed by atoms with Crippen LogP contribution >= 0.6 is 0 Å². The van der Waals surface area contributed by atoms with Crippen molar-refractivity contribution >= 4 is 0 Å². The Balaban J connectivity index is 1.28. The van der Waals surface area contributed by atoms with Crippen LogP contribution in [0.2, 0.25) is 0 Å². The van der Waals surface area contributed by atoms with Crippen molar-refractivity contribution < 1.29 is 9.47 Å². The minimum absolute atomic E-state index is 0.658. The van der Waals surface area contributed by atoms with Crippen LogP contribution in [-0.2, 0) is 5.41 Å². The van der Waals surface area contributed by atoms with E-state index in [-0.39, 0.29) is 0 Å². The normalized spacial score (nSPS) is 15.6. The first-order chi connectivity index (χ1) is 22.3. The van der Waals surface area contributed by atoms with Gasteiger partial charge in [-0.05, 0) is 48.5 Å². The molecule has 0 aliphatic carbocycles. The van der Waals surface area contributed by atoms with Crippen LogP contribution in [0.5, 0.6) is 23.0 Å². The molecule has 2 aromatic heterocycles. The summed E-state index contributed by atoms with van der Waals surface area (Å²) in [4.78, 5) is 9.64. The number of benzene rings is 5. The number of ether oxygens (including phenoxy) is 2. The predicted octanol–water partition coefficient (Wildman–Crippen LogP) is 10.1. The van der Waals surface area contributed by atoms with Gasteiger partial charge < -0.3 is 9.47 Å². The van der Waals surface area contributed by atoms with Gasteiger partial charge in [-0.1, -0.05) is 103 Å². The molecule has 1 atom stereocenters. The van der Waals surface area contributed by atoms with E-state index in [0.29, 0.717) is 0 Å². The largest absolute Gasteiger partial charge is 0.457 e. The van der Waals surface area contributed by atoms with Crippen molar-refractivity contribution in [3.8, 4) is 56.8 Å². The minimum Gasteiger partial charge on any atom is -0.457 e. The number of nitrogens with zero attached hydrogens (tertiary/aromatic N) is 2. The molecule has 0 fully saturated rings. The van der Waals surface area contributed by atoms with Crippen molar-refractivity contribution in [1.29, 1.82) is 0 Å². The average Bonchev–Trinajstić information content (AvgIpc) is 3.12. The number of aromatic nitrogens is 2. The zero-order chi connectivity index (χ0) is 29.8. The van der Waals surface area contributed by atoms with Gasteiger partial charge in [0.25, 0.3) is 0 Å². The van der Waals surface area contributed by atoms with Crippen molar-refractivity contribution in [1.82, 2.24) is 9.97 Å². The molecule has 1 spiro atoms. The Bertz CT molecular complexity index is 2220. The molecule has 1 unspecified atom stereocenters. The molecule has 0 saturated heterocycles. The summed E-state index contributed by atoms with van der Waals surface area (Å²) in [5, 5.41) is 0. The van der Waals surface area contributed by atoms with Crippen LogP contribution in [0.1, 0.15) is 22.3 Å². The molecule has 0 N–H and O–H groups in total. The summed E-state index contributed by atoms with van der Waals surface area (Å²) >= 11 is 0. The summed E-state index contributed by atoms with van der Waals surface area (Å²) in [6.07, 6.45) is 1.82. The molecule has 0 saturated carbocycles. The zero-order valence-electron chi connectivity index (χ0n) is 24.2. The van der Waals surface area contributed by atoms with E-state index in [9.17, 15) is 0 Å². The Morgan fingerprint density at radius 3 is 1.51 bits per heavy atom. The Hall–Kier alpha value is -6.00. The minimum atomic E-state index is -0.658. The fourth-order valence-electron chi connectivity index (χ4n) is 6.89. The lowest BCUT2D eigenvalue weighted by Crippen LogP contribution is -2.36. The van der Waals surface area contributed by atoms with Crippen molar-refractivity contribution in [2.24, 2.45) is 0 Å². The third kappa shape index (κ3) is 3.93. The fourth-order valence-corrected chi connectivity index (χ4v) is 6.89. The first-order valence-corrected chi connectivity index (χ1v) is 15.1. The number of pyridine rings is 2. The lowest BCUT2D eigenvalue weighted by Gasteiger charge is -2.45. The first kappa shape index (κ1) is 25.5. The van der Waals surface area contributed by atoms with Gasteiger partial charge in [-0.2, -0.15) is 0 Å². The lowest BCUT2D eigenvalue weighted by atomic mass is 9.62. The molecule has 4 nitrogen and oxygen atoms in total. The summed E-state index contributed by atoms with van der Waals surface area (Å²) in [6.45, 7) is 0. The predicted molar refractivity (Wildman–Crippen MR) is 177 cm³/mol. The van der Waals surface area contributed by atoms with Crippen LogP contribution in [0.4, 0.5) is 0 Å². The molecule has 4 heterocycles. The standard InChI is InChI=1S/C41H26N2O2/c1-2-11-27(12-3-1)35-16-10-17-36(43-35)29-21-23-33-40(26-29)45-38-19-7-5-14-31(38)41(33)30-13-4-6-18-37(30)44-39-25-28(20-22-32(39)41)34-15-8-9-24-42-34/h1-26H. The maximum Gasteiger partial charge on any atom is 0.132 e. The molecule has 0 amide bonds. The van der Waals surface area contributed by atoms with Crippen molar-refractivity contribution in [2.45, 2.75) is 5.41 Å². The van der Waals surface area contributed by atoms with Crippen LogP contribution < -0.4 is 9.47 Å². The molecule has 7 aromatic rings. The second-order valence-corrected chi connectivity index (χ2v) is 11.4. The van der Waals surface area contributed by atoms with E-state index in [2.05, 4.69) is 102 Å². The van der Waals surface area contributed by atoms with Crippen molar-refractivity contribution in [3.63, 3.8) is 0 Å². The molecule has 2 aliphatic heterocycles. The average molecular weight is 579 g/mol. The van der Waals surface area contributed by atoms with Gasteiger partial charge in [0, 0.05) is 45.1 Å². The summed E-state index contributed by atoms with van der Waals surface area (Å²) in [5.74, 6) is 3.26. The van der Waals surface area contributed by atoms with E-state index >= 15 is 0 Å². The molecular formula is C41H26N2O2. The highest BCUT2D eigenvalue weighted by Crippen LogP contribution is 2.61. The molecule has 2 aliphatic rings. The van der Waals surface area contributed by atoms with Gasteiger partial charge in [0.2, 0.25) is 0 Å². The second-order valence-electron chi connectivity index (χ2n) is 11.4. The molecule has 212 valence electrons. The van der Waals surface area contributed by atoms with Gasteiger partial charge in [-0.3, -0.25) is 4.98 Å². The van der Waals surface area contributed by atoms with E-state index in [1.807, 2.05) is 60.8 Å². The Morgan fingerprint density at radius 2 is 0.889 bits per heavy atom. The molecule has 4 heteroatoms. The summed E-state index contributed by atoms with van der Waals surface area (Å²) < 4.78 is 13.4. The SMILES string of the molecule is c1ccc(-c2cccc(-c3ccc4c(c3)Oc3ccccc3C43c4ccccc4Oc4cc(-c5ccccn5)ccc43)n2)cc1. The topological polar surface area (TPSA) is 44.2 Å². The number of fused-ring (bicyclic) bond motifs is 8. The maximum absolute atomic E-state index is 6.73. The van der Waals surface area contributed by atoms with Crippen molar-refractivity contribution in [3.05, 3.63) is 180 Å². The maximum atomic E-state index is 6.73. The Kier molecular flexibility index (Phi) is 5.69. The second kappa shape index (κ2) is 10.0. The highest BCUT2D eigenvalue weighted by Gasteiger charge is 2.50. The first-order valence-electron chi connectivity index (χ1n) is 15.1. The summed E-state index contributed by atoms with van der Waals surface area (Å²) in [6, 6.07) is 52.0. The summed E-state index contributed by atoms with van der Waals surface area (Å²) in [5.41, 5.74) is 9.44. The van der Waals surface area contributed by atoms with Gasteiger partial charge in [0.05, 0.1) is 22.5 Å². The monoisotopic (exact) mass is 578 g/mol. The van der Waals surface area contributed by atoms with Crippen LogP contribution in [-0.4, -0.2) is 9.97 Å². The van der Waals surface area contributed by atoms with Crippen molar-refractivity contribution in [2.75, 3.05) is 0 Å². The number of para-hydroxylation sites is 2. The van der Waals surface area contributed by atoms with Gasteiger partial charge in [-0.25, -0.2) is 4.98 Å². The third-order valence-electron chi connectivity index (χ3n) is 8.87. The molecule has 0 bridgehead atoms. The quantitative estimate of drug-likeness (QED) is 0.209. The highest BCUT2D eigenvalue weighted by molar-refractivity contribution is 5.79. The van der Waals surface area contributed by atoms with E-state index in [1.54, 1.807) is 0 Å². The van der Waals surface area contributed by atoms with Crippen LogP contribution in [0.25, 0.3) is 33.8 Å². The number of hydrogen-bond donors (Lipinski definition) is 0. The fraction of sp³-hybridized carbons (Fsp3) is 0.0244. The van der Waals surface area contributed by atoms with E-state index in [1.165, 1.54) is 0 Å². The third-order valence-corrected chi connectivity index (χ3v) is 8.87. The lowest BCUT2D eigenvalue weighted by molar-refractivity contribution is 0.399. The van der Waals surface area contributed by atoms with Gasteiger partial charge in [0.15, 0.2) is 0 Å². The Morgan fingerprint density at radius 1 is 0.378 bits per heavy atom. The van der Waals surface area contributed by atoms with E-state index in [0.717, 1.165) is 79.0 Å². The van der Waals surface area contributed by atoms with Gasteiger partial charge in [-0.15, -0.1) is 0 Å². The summed E-state index contributed by atoms with van der Waals surface area (Å²) in [7, 11) is 0. The zero-order valence-corrected chi connectivity index (χ0v) is 24.2. The molecule has 9 rings (SSSR count). The van der Waals surface area contributed by atoms with Gasteiger partial charge >= 0.3 is 0 Å². The van der Waals surface area contributed by atoms with Crippen LogP contribution in [0.15, 0.2) is 158 Å². The van der Waals surface area contributed by atoms with E-state index in [4.69, 9.17) is 14.5 Å². The Labute approximate surface area is 261 Å². The number of hydrogen-bond acceptors (Lipinski definition) is 4. The molecule has 0 radical (unpaired) electrons. The van der Waals surface area contributed by atoms with E-state index < -0.39 is 5.41 Å². The van der Waals surface area contributed by atoms with Crippen LogP contribution in [0, 0.1) is 0 Å². The number of rotatable bonds is 3. The molecular weight excluding hydrogens is 552 g/mol. The highest BCUT2D eigenvalue weighted by atomic mass is 16.5. The van der Waals surface area contributed by atoms with Crippen LogP contribution in [0.3, 0.4) is 0 Å².